The van der Waals surface area contributed by atoms with Gasteiger partial charge in [-0.3, -0.25) is 0 Å². The molecule has 1 atom stereocenters. The van der Waals surface area contributed by atoms with Crippen LogP contribution in [-0.2, 0) is 11.2 Å². The smallest absolute Gasteiger partial charge is 0.127 e. The van der Waals surface area contributed by atoms with E-state index in [9.17, 15) is 4.79 Å². The number of para-hydroxylation sites is 1. The molecule has 0 aromatic heterocycles. The maximum absolute atomic E-state index is 11.4. The van der Waals surface area contributed by atoms with Crippen LogP contribution >= 0.6 is 11.6 Å². The number of benzene rings is 2. The van der Waals surface area contributed by atoms with Crippen molar-refractivity contribution in [3.8, 4) is 5.75 Å². The predicted molar refractivity (Wildman–Crippen MR) is 81.6 cm³/mol. The van der Waals surface area contributed by atoms with Crippen molar-refractivity contribution in [3.63, 3.8) is 0 Å². The van der Waals surface area contributed by atoms with Crippen LogP contribution in [0.3, 0.4) is 0 Å². The molecule has 0 saturated carbocycles. The van der Waals surface area contributed by atoms with Crippen molar-refractivity contribution in [1.29, 1.82) is 0 Å². The average molecular weight is 289 g/mol. The fourth-order valence-corrected chi connectivity index (χ4v) is 2.39. The van der Waals surface area contributed by atoms with Gasteiger partial charge in [0.15, 0.2) is 0 Å². The second-order valence-electron chi connectivity index (χ2n) is 4.54. The second-order valence-corrected chi connectivity index (χ2v) is 4.98. The molecule has 0 fully saturated rings. The summed E-state index contributed by atoms with van der Waals surface area (Å²) in [6, 6.07) is 15.2. The Morgan fingerprint density at radius 3 is 2.70 bits per heavy atom. The first-order valence-corrected chi connectivity index (χ1v) is 7.04. The van der Waals surface area contributed by atoms with Crippen LogP contribution in [0.25, 0.3) is 0 Å². The molecule has 1 unspecified atom stereocenters. The molecule has 0 heterocycles. The molecule has 104 valence electrons. The summed E-state index contributed by atoms with van der Waals surface area (Å²) < 4.78 is 5.60. The first kappa shape index (κ1) is 14.6. The maximum Gasteiger partial charge on any atom is 0.127 e. The lowest BCUT2D eigenvalue weighted by atomic mass is 9.93. The Balaban J connectivity index is 2.24. The first-order valence-electron chi connectivity index (χ1n) is 6.66. The molecular formula is C17H17ClO2. The van der Waals surface area contributed by atoms with Gasteiger partial charge in [0.25, 0.3) is 0 Å². The van der Waals surface area contributed by atoms with E-state index in [1.54, 1.807) is 6.07 Å². The molecule has 0 aliphatic carbocycles. The summed E-state index contributed by atoms with van der Waals surface area (Å²) in [7, 11) is 0. The quantitative estimate of drug-likeness (QED) is 0.742. The van der Waals surface area contributed by atoms with Crippen molar-refractivity contribution >= 4 is 17.9 Å². The van der Waals surface area contributed by atoms with Crippen LogP contribution in [0.15, 0.2) is 48.5 Å². The van der Waals surface area contributed by atoms with Crippen molar-refractivity contribution in [2.45, 2.75) is 19.3 Å². The van der Waals surface area contributed by atoms with E-state index in [2.05, 4.69) is 0 Å². The van der Waals surface area contributed by atoms with E-state index in [0.29, 0.717) is 18.1 Å². The van der Waals surface area contributed by atoms with Crippen molar-refractivity contribution < 1.29 is 9.53 Å². The molecule has 2 rings (SSSR count). The summed E-state index contributed by atoms with van der Waals surface area (Å²) in [5, 5.41) is 0.646. The standard InChI is InChI=1S/C17H17ClO2/c1-2-20-17-9-4-3-6-14(17)10-15(12-19)13-7-5-8-16(18)11-13/h3-9,11-12,15H,2,10H2,1H3. The van der Waals surface area contributed by atoms with Gasteiger partial charge in [0.05, 0.1) is 6.61 Å². The normalized spacial score (nSPS) is 11.9. The zero-order valence-corrected chi connectivity index (χ0v) is 12.1. The van der Waals surface area contributed by atoms with Gasteiger partial charge in [0.1, 0.15) is 12.0 Å². The van der Waals surface area contributed by atoms with Gasteiger partial charge in [-0.2, -0.15) is 0 Å². The highest BCUT2D eigenvalue weighted by Gasteiger charge is 2.14. The lowest BCUT2D eigenvalue weighted by Gasteiger charge is -2.14. The number of hydrogen-bond donors (Lipinski definition) is 0. The Morgan fingerprint density at radius 2 is 2.00 bits per heavy atom. The summed E-state index contributed by atoms with van der Waals surface area (Å²) >= 11 is 5.99. The number of aldehydes is 1. The highest BCUT2D eigenvalue weighted by Crippen LogP contribution is 2.26. The second kappa shape index (κ2) is 7.11. The zero-order chi connectivity index (χ0) is 14.4. The molecule has 0 radical (unpaired) electrons. The molecule has 2 nitrogen and oxygen atoms in total. The third-order valence-electron chi connectivity index (χ3n) is 3.15. The molecule has 0 N–H and O–H groups in total. The topological polar surface area (TPSA) is 26.3 Å². The van der Waals surface area contributed by atoms with E-state index in [4.69, 9.17) is 16.3 Å². The minimum Gasteiger partial charge on any atom is -0.494 e. The fourth-order valence-electron chi connectivity index (χ4n) is 2.19. The SMILES string of the molecule is CCOc1ccccc1CC(C=O)c1cccc(Cl)c1. The summed E-state index contributed by atoms with van der Waals surface area (Å²) in [4.78, 5) is 11.4. The lowest BCUT2D eigenvalue weighted by molar-refractivity contribution is -0.109. The average Bonchev–Trinajstić information content (AvgIpc) is 2.46. The molecule has 0 spiro atoms. The van der Waals surface area contributed by atoms with Crippen LogP contribution in [0.1, 0.15) is 24.0 Å². The van der Waals surface area contributed by atoms with Gasteiger partial charge < -0.3 is 9.53 Å². The van der Waals surface area contributed by atoms with Gasteiger partial charge in [-0.05, 0) is 42.7 Å². The monoisotopic (exact) mass is 288 g/mol. The Labute approximate surface area is 124 Å². The van der Waals surface area contributed by atoms with E-state index in [1.165, 1.54) is 0 Å². The maximum atomic E-state index is 11.4. The summed E-state index contributed by atoms with van der Waals surface area (Å²) in [5.74, 6) is 0.624. The van der Waals surface area contributed by atoms with E-state index < -0.39 is 0 Å². The first-order chi connectivity index (χ1) is 9.74. The zero-order valence-electron chi connectivity index (χ0n) is 11.4. The number of hydrogen-bond acceptors (Lipinski definition) is 2. The van der Waals surface area contributed by atoms with Crippen molar-refractivity contribution in [2.75, 3.05) is 6.61 Å². The number of carbonyl (C=O) groups excluding carboxylic acids is 1. The van der Waals surface area contributed by atoms with E-state index >= 15 is 0 Å². The van der Waals surface area contributed by atoms with Gasteiger partial charge in [-0.1, -0.05) is 41.9 Å². The Bertz CT molecular complexity index is 581. The summed E-state index contributed by atoms with van der Waals surface area (Å²) in [6.45, 7) is 2.56. The van der Waals surface area contributed by atoms with Gasteiger partial charge in [-0.15, -0.1) is 0 Å². The van der Waals surface area contributed by atoms with Crippen LogP contribution in [-0.4, -0.2) is 12.9 Å². The molecule has 20 heavy (non-hydrogen) atoms. The lowest BCUT2D eigenvalue weighted by Crippen LogP contribution is -2.06. The summed E-state index contributed by atoms with van der Waals surface area (Å²) in [6.07, 6.45) is 1.58. The molecular weight excluding hydrogens is 272 g/mol. The molecule has 2 aromatic carbocycles. The van der Waals surface area contributed by atoms with E-state index in [1.807, 2.05) is 49.4 Å². The van der Waals surface area contributed by atoms with Crippen LogP contribution in [0.4, 0.5) is 0 Å². The highest BCUT2D eigenvalue weighted by molar-refractivity contribution is 6.30. The Hall–Kier alpha value is -1.80. The van der Waals surface area contributed by atoms with Crippen LogP contribution < -0.4 is 4.74 Å². The third kappa shape index (κ3) is 3.61. The molecule has 3 heteroatoms. The van der Waals surface area contributed by atoms with Gasteiger partial charge in [0, 0.05) is 10.9 Å². The highest BCUT2D eigenvalue weighted by atomic mass is 35.5. The molecule has 0 amide bonds. The van der Waals surface area contributed by atoms with Crippen molar-refractivity contribution in [1.82, 2.24) is 0 Å². The van der Waals surface area contributed by atoms with E-state index in [-0.39, 0.29) is 5.92 Å². The number of ether oxygens (including phenoxy) is 1. The van der Waals surface area contributed by atoms with Gasteiger partial charge in [0.2, 0.25) is 0 Å². The molecule has 0 aliphatic rings. The molecule has 0 aliphatic heterocycles. The third-order valence-corrected chi connectivity index (χ3v) is 3.39. The molecule has 2 aromatic rings. The summed E-state index contributed by atoms with van der Waals surface area (Å²) in [5.41, 5.74) is 1.96. The number of halogens is 1. The molecule has 0 saturated heterocycles. The Kier molecular flexibility index (Phi) is 5.19. The van der Waals surface area contributed by atoms with Crippen LogP contribution in [0.5, 0.6) is 5.75 Å². The fraction of sp³-hybridized carbons (Fsp3) is 0.235. The number of rotatable bonds is 6. The minimum atomic E-state index is -0.213. The van der Waals surface area contributed by atoms with Gasteiger partial charge >= 0.3 is 0 Å². The van der Waals surface area contributed by atoms with E-state index in [0.717, 1.165) is 23.2 Å². The van der Waals surface area contributed by atoms with Crippen molar-refractivity contribution in [2.24, 2.45) is 0 Å². The van der Waals surface area contributed by atoms with Gasteiger partial charge in [-0.25, -0.2) is 0 Å². The minimum absolute atomic E-state index is 0.213. The largest absolute Gasteiger partial charge is 0.494 e. The van der Waals surface area contributed by atoms with Crippen LogP contribution in [0.2, 0.25) is 5.02 Å². The number of carbonyl (C=O) groups is 1. The Morgan fingerprint density at radius 1 is 1.20 bits per heavy atom. The van der Waals surface area contributed by atoms with Crippen molar-refractivity contribution in [3.05, 3.63) is 64.7 Å². The predicted octanol–water partition coefficient (Wildman–Crippen LogP) is 4.26. The molecule has 0 bridgehead atoms. The van der Waals surface area contributed by atoms with Crippen LogP contribution in [0, 0.1) is 0 Å².